The highest BCUT2D eigenvalue weighted by atomic mass is 16.5. The number of nitrogens with zero attached hydrogens (tertiary/aromatic N) is 2. The summed E-state index contributed by atoms with van der Waals surface area (Å²) < 4.78 is 5.19. The van der Waals surface area contributed by atoms with E-state index in [9.17, 15) is 9.59 Å². The Morgan fingerprint density at radius 2 is 2.00 bits per heavy atom. The Balaban J connectivity index is 4.48. The van der Waals surface area contributed by atoms with Crippen molar-refractivity contribution in [2.24, 2.45) is 0 Å². The zero-order valence-electron chi connectivity index (χ0n) is 11.1. The summed E-state index contributed by atoms with van der Waals surface area (Å²) >= 11 is 0. The number of aliphatic carboxylic acids is 1. The van der Waals surface area contributed by atoms with Crippen LogP contribution in [0.2, 0.25) is 0 Å². The van der Waals surface area contributed by atoms with Gasteiger partial charge in [-0.3, -0.25) is 4.79 Å². The lowest BCUT2D eigenvalue weighted by molar-refractivity contribution is -0.137. The monoisotopic (exact) mass is 258 g/mol. The minimum Gasteiger partial charge on any atom is -0.480 e. The third-order valence-electron chi connectivity index (χ3n) is 2.31. The van der Waals surface area contributed by atoms with Gasteiger partial charge in [0.25, 0.3) is 0 Å². The molecule has 6 heteroatoms. The van der Waals surface area contributed by atoms with Crippen molar-refractivity contribution in [1.82, 2.24) is 9.80 Å². The smallest absolute Gasteiger partial charge is 0.323 e. The van der Waals surface area contributed by atoms with Gasteiger partial charge in [0, 0.05) is 26.2 Å². The van der Waals surface area contributed by atoms with Gasteiger partial charge in [-0.2, -0.15) is 0 Å². The van der Waals surface area contributed by atoms with Gasteiger partial charge in [-0.1, -0.05) is 6.08 Å². The van der Waals surface area contributed by atoms with Gasteiger partial charge in [-0.15, -0.1) is 6.58 Å². The Bertz CT molecular complexity index is 281. The van der Waals surface area contributed by atoms with Crippen molar-refractivity contribution >= 4 is 12.0 Å². The van der Waals surface area contributed by atoms with E-state index in [1.54, 1.807) is 4.90 Å². The van der Waals surface area contributed by atoms with Crippen molar-refractivity contribution in [1.29, 1.82) is 0 Å². The van der Waals surface area contributed by atoms with Gasteiger partial charge in [-0.05, 0) is 13.8 Å². The van der Waals surface area contributed by atoms with Crippen molar-refractivity contribution in [3.63, 3.8) is 0 Å². The summed E-state index contributed by atoms with van der Waals surface area (Å²) in [6.07, 6.45) is 1.51. The summed E-state index contributed by atoms with van der Waals surface area (Å²) in [5.74, 6) is -1.04. The van der Waals surface area contributed by atoms with Gasteiger partial charge >= 0.3 is 12.0 Å². The first-order valence-electron chi connectivity index (χ1n) is 6.01. The molecule has 0 aromatic rings. The molecule has 0 unspecified atom stereocenters. The maximum Gasteiger partial charge on any atom is 0.323 e. The molecule has 0 aliphatic carbocycles. The molecule has 0 rings (SSSR count). The molecule has 0 saturated carbocycles. The van der Waals surface area contributed by atoms with Crippen LogP contribution in [0.1, 0.15) is 13.8 Å². The maximum absolute atomic E-state index is 12.1. The van der Waals surface area contributed by atoms with Gasteiger partial charge < -0.3 is 19.6 Å². The average Bonchev–Trinajstić information content (AvgIpc) is 2.33. The van der Waals surface area contributed by atoms with Gasteiger partial charge in [0.1, 0.15) is 6.54 Å². The Morgan fingerprint density at radius 3 is 2.44 bits per heavy atom. The number of likely N-dealkylation sites (N-methyl/N-ethyl adjacent to an activating group) is 1. The first kappa shape index (κ1) is 16.4. The van der Waals surface area contributed by atoms with E-state index in [4.69, 9.17) is 9.84 Å². The summed E-state index contributed by atoms with van der Waals surface area (Å²) in [7, 11) is 0. The molecule has 0 atom stereocenters. The second-order valence-electron chi connectivity index (χ2n) is 3.62. The van der Waals surface area contributed by atoms with E-state index >= 15 is 0 Å². The molecule has 0 aliphatic heterocycles. The summed E-state index contributed by atoms with van der Waals surface area (Å²) in [4.78, 5) is 25.6. The molecule has 0 aromatic heterocycles. The Hall–Kier alpha value is -1.56. The molecule has 0 heterocycles. The molecule has 0 aromatic carbocycles. The predicted octanol–water partition coefficient (Wildman–Crippen LogP) is 1.04. The normalized spacial score (nSPS) is 9.89. The summed E-state index contributed by atoms with van der Waals surface area (Å²) in [5.41, 5.74) is 0. The fraction of sp³-hybridized carbons (Fsp3) is 0.667. The van der Waals surface area contributed by atoms with E-state index in [0.717, 1.165) is 0 Å². The molecule has 2 amide bonds. The van der Waals surface area contributed by atoms with E-state index in [0.29, 0.717) is 26.3 Å². The number of hydrogen-bond donors (Lipinski definition) is 1. The number of hydrogen-bond acceptors (Lipinski definition) is 3. The van der Waals surface area contributed by atoms with Crippen LogP contribution in [0, 0.1) is 0 Å². The molecule has 0 fully saturated rings. The van der Waals surface area contributed by atoms with Gasteiger partial charge in [0.05, 0.1) is 6.61 Å². The SMILES string of the molecule is C=CCN(CC(=O)O)C(=O)N(CC)CCOCC. The third kappa shape index (κ3) is 6.24. The van der Waals surface area contributed by atoms with Gasteiger partial charge in [0.2, 0.25) is 0 Å². The quantitative estimate of drug-likeness (QED) is 0.495. The highest BCUT2D eigenvalue weighted by Gasteiger charge is 2.20. The van der Waals surface area contributed by atoms with Crippen LogP contribution in [-0.4, -0.2) is 66.3 Å². The van der Waals surface area contributed by atoms with E-state index in [1.807, 2.05) is 13.8 Å². The number of carboxylic acids is 1. The lowest BCUT2D eigenvalue weighted by Crippen LogP contribution is -2.46. The van der Waals surface area contributed by atoms with Crippen LogP contribution in [0.15, 0.2) is 12.7 Å². The zero-order chi connectivity index (χ0) is 14.0. The second kappa shape index (κ2) is 9.47. The van der Waals surface area contributed by atoms with Crippen LogP contribution in [0.3, 0.4) is 0 Å². The lowest BCUT2D eigenvalue weighted by Gasteiger charge is -2.28. The van der Waals surface area contributed by atoms with Gasteiger partial charge in [-0.25, -0.2) is 4.79 Å². The average molecular weight is 258 g/mol. The van der Waals surface area contributed by atoms with Crippen LogP contribution < -0.4 is 0 Å². The maximum atomic E-state index is 12.1. The number of urea groups is 1. The van der Waals surface area contributed by atoms with E-state index < -0.39 is 5.97 Å². The van der Waals surface area contributed by atoms with Crippen molar-refractivity contribution < 1.29 is 19.4 Å². The fourth-order valence-electron chi connectivity index (χ4n) is 1.44. The molecule has 0 spiro atoms. The van der Waals surface area contributed by atoms with Crippen LogP contribution in [-0.2, 0) is 9.53 Å². The molecule has 0 radical (unpaired) electrons. The molecule has 18 heavy (non-hydrogen) atoms. The molecule has 0 bridgehead atoms. The summed E-state index contributed by atoms with van der Waals surface area (Å²) in [6.45, 7) is 9.15. The molecule has 0 saturated heterocycles. The van der Waals surface area contributed by atoms with E-state index in [2.05, 4.69) is 6.58 Å². The van der Waals surface area contributed by atoms with Crippen molar-refractivity contribution in [2.75, 3.05) is 39.4 Å². The molecule has 104 valence electrons. The lowest BCUT2D eigenvalue weighted by atomic mass is 10.4. The number of rotatable bonds is 9. The number of ether oxygens (including phenoxy) is 1. The van der Waals surface area contributed by atoms with Crippen molar-refractivity contribution in [3.05, 3.63) is 12.7 Å². The number of amides is 2. The zero-order valence-corrected chi connectivity index (χ0v) is 11.1. The summed E-state index contributed by atoms with van der Waals surface area (Å²) in [6, 6.07) is -0.306. The number of carbonyl (C=O) groups is 2. The Kier molecular flexibility index (Phi) is 8.65. The van der Waals surface area contributed by atoms with Crippen LogP contribution in [0.5, 0.6) is 0 Å². The van der Waals surface area contributed by atoms with Crippen molar-refractivity contribution in [3.8, 4) is 0 Å². The molecule has 0 aliphatic rings. The Labute approximate surface area is 108 Å². The second-order valence-corrected chi connectivity index (χ2v) is 3.62. The van der Waals surface area contributed by atoms with E-state index in [-0.39, 0.29) is 19.1 Å². The summed E-state index contributed by atoms with van der Waals surface area (Å²) in [5, 5.41) is 8.76. The first-order valence-corrected chi connectivity index (χ1v) is 6.01. The number of carboxylic acid groups (broad SMARTS) is 1. The van der Waals surface area contributed by atoms with Crippen LogP contribution in [0.4, 0.5) is 4.79 Å². The molecule has 6 nitrogen and oxygen atoms in total. The molecular formula is C12H22N2O4. The predicted molar refractivity (Wildman–Crippen MR) is 68.5 cm³/mol. The minimum absolute atomic E-state index is 0.219. The number of carbonyl (C=O) groups excluding carboxylic acids is 1. The minimum atomic E-state index is -1.04. The largest absolute Gasteiger partial charge is 0.480 e. The van der Waals surface area contributed by atoms with Crippen LogP contribution in [0.25, 0.3) is 0 Å². The third-order valence-corrected chi connectivity index (χ3v) is 2.31. The fourth-order valence-corrected chi connectivity index (χ4v) is 1.44. The van der Waals surface area contributed by atoms with E-state index in [1.165, 1.54) is 11.0 Å². The van der Waals surface area contributed by atoms with Crippen LogP contribution >= 0.6 is 0 Å². The standard InChI is InChI=1S/C12H22N2O4/c1-4-7-14(10-11(15)16)12(17)13(5-2)8-9-18-6-3/h4H,1,5-10H2,2-3H3,(H,15,16). The van der Waals surface area contributed by atoms with Crippen molar-refractivity contribution in [2.45, 2.75) is 13.8 Å². The first-order chi connectivity index (χ1) is 8.56. The Morgan fingerprint density at radius 1 is 1.33 bits per heavy atom. The highest BCUT2D eigenvalue weighted by molar-refractivity contribution is 5.80. The highest BCUT2D eigenvalue weighted by Crippen LogP contribution is 2.00. The molecule has 1 N–H and O–H groups in total. The molecular weight excluding hydrogens is 236 g/mol. The van der Waals surface area contributed by atoms with Gasteiger partial charge in [0.15, 0.2) is 0 Å². The topological polar surface area (TPSA) is 70.1 Å².